The Kier molecular flexibility index (Phi) is 3.03. The SMILES string of the molecule is O=C(c1ccc2cn[nH]c2n1)N1C[C@@H]2C[C@H](C1)c1cccc(=O)n1C2. The first-order chi connectivity index (χ1) is 12.2. The molecule has 2 aliphatic rings. The van der Waals surface area contributed by atoms with Crippen molar-refractivity contribution >= 4 is 16.9 Å². The Morgan fingerprint density at radius 3 is 3.00 bits per heavy atom. The zero-order valence-electron chi connectivity index (χ0n) is 13.6. The molecule has 5 rings (SSSR count). The van der Waals surface area contributed by atoms with Gasteiger partial charge in [-0.15, -0.1) is 0 Å². The molecule has 7 nitrogen and oxygen atoms in total. The summed E-state index contributed by atoms with van der Waals surface area (Å²) < 4.78 is 1.87. The van der Waals surface area contributed by atoms with E-state index in [4.69, 9.17) is 0 Å². The number of H-pyrrole nitrogens is 1. The molecule has 0 spiro atoms. The summed E-state index contributed by atoms with van der Waals surface area (Å²) in [7, 11) is 0. The summed E-state index contributed by atoms with van der Waals surface area (Å²) in [5, 5.41) is 7.65. The van der Waals surface area contributed by atoms with E-state index < -0.39 is 0 Å². The lowest BCUT2D eigenvalue weighted by atomic mass is 9.83. The third-order valence-corrected chi connectivity index (χ3v) is 5.29. The van der Waals surface area contributed by atoms with Crippen LogP contribution in [0.3, 0.4) is 0 Å². The standard InChI is InChI=1S/C18H17N5O2/c24-16-3-1-2-15-13-6-11(9-23(15)16)8-22(10-13)18(25)14-5-4-12-7-19-21-17(12)20-14/h1-5,7,11,13H,6,8-10H2,(H,19,20,21)/t11-,13+/m0/s1. The highest BCUT2D eigenvalue weighted by atomic mass is 16.2. The first kappa shape index (κ1) is 14.4. The first-order valence-corrected chi connectivity index (χ1v) is 8.48. The summed E-state index contributed by atoms with van der Waals surface area (Å²) in [6, 6.07) is 9.03. The van der Waals surface area contributed by atoms with Gasteiger partial charge < -0.3 is 9.47 Å². The Balaban J connectivity index is 1.46. The molecule has 5 heterocycles. The van der Waals surface area contributed by atoms with Crippen LogP contribution in [0.15, 0.2) is 41.3 Å². The molecule has 3 aromatic heterocycles. The summed E-state index contributed by atoms with van der Waals surface area (Å²) in [5.41, 5.74) is 2.15. The lowest BCUT2D eigenvalue weighted by Gasteiger charge is -2.42. The second kappa shape index (κ2) is 5.27. The maximum absolute atomic E-state index is 12.9. The Bertz CT molecular complexity index is 1040. The minimum atomic E-state index is -0.0575. The van der Waals surface area contributed by atoms with Gasteiger partial charge in [-0.2, -0.15) is 5.10 Å². The van der Waals surface area contributed by atoms with Crippen molar-refractivity contribution in [3.8, 4) is 0 Å². The van der Waals surface area contributed by atoms with E-state index in [1.54, 1.807) is 18.3 Å². The molecular weight excluding hydrogens is 318 g/mol. The second-order valence-corrected chi connectivity index (χ2v) is 6.91. The van der Waals surface area contributed by atoms with Gasteiger partial charge in [0.05, 0.1) is 6.20 Å². The molecule has 7 heteroatoms. The smallest absolute Gasteiger partial charge is 0.272 e. The predicted molar refractivity (Wildman–Crippen MR) is 91.3 cm³/mol. The number of amides is 1. The van der Waals surface area contributed by atoms with Crippen LogP contribution in [0.25, 0.3) is 11.0 Å². The molecule has 0 saturated carbocycles. The van der Waals surface area contributed by atoms with Gasteiger partial charge in [0.1, 0.15) is 5.69 Å². The summed E-state index contributed by atoms with van der Waals surface area (Å²) >= 11 is 0. The van der Waals surface area contributed by atoms with Crippen LogP contribution in [0.5, 0.6) is 0 Å². The molecule has 0 aromatic carbocycles. The van der Waals surface area contributed by atoms with Gasteiger partial charge in [0, 0.05) is 42.7 Å². The van der Waals surface area contributed by atoms with Crippen LogP contribution in [0, 0.1) is 5.92 Å². The van der Waals surface area contributed by atoms with Gasteiger partial charge in [0.15, 0.2) is 5.65 Å². The Morgan fingerprint density at radius 2 is 2.08 bits per heavy atom. The maximum atomic E-state index is 12.9. The van der Waals surface area contributed by atoms with Crippen molar-refractivity contribution in [2.45, 2.75) is 18.9 Å². The van der Waals surface area contributed by atoms with E-state index in [-0.39, 0.29) is 17.4 Å². The van der Waals surface area contributed by atoms with E-state index in [2.05, 4.69) is 15.2 Å². The maximum Gasteiger partial charge on any atom is 0.272 e. The van der Waals surface area contributed by atoms with Crippen LogP contribution >= 0.6 is 0 Å². The molecule has 2 atom stereocenters. The molecule has 1 amide bonds. The lowest BCUT2D eigenvalue weighted by molar-refractivity contribution is 0.0589. The molecule has 2 bridgehead atoms. The number of carbonyl (C=O) groups excluding carboxylic acids is 1. The van der Waals surface area contributed by atoms with E-state index in [1.165, 1.54) is 0 Å². The lowest BCUT2D eigenvalue weighted by Crippen LogP contribution is -2.49. The number of nitrogens with zero attached hydrogens (tertiary/aromatic N) is 4. The van der Waals surface area contributed by atoms with Crippen LogP contribution in [-0.2, 0) is 6.54 Å². The topological polar surface area (TPSA) is 83.9 Å². The molecule has 25 heavy (non-hydrogen) atoms. The van der Waals surface area contributed by atoms with Crippen LogP contribution in [0.1, 0.15) is 28.5 Å². The van der Waals surface area contributed by atoms with Crippen molar-refractivity contribution in [2.24, 2.45) is 5.92 Å². The average Bonchev–Trinajstić information content (AvgIpc) is 3.09. The van der Waals surface area contributed by atoms with Crippen LogP contribution in [-0.4, -0.2) is 43.6 Å². The molecule has 0 unspecified atom stereocenters. The van der Waals surface area contributed by atoms with Gasteiger partial charge in [0.2, 0.25) is 0 Å². The Labute approximate surface area is 143 Å². The van der Waals surface area contributed by atoms with Gasteiger partial charge in [-0.05, 0) is 30.5 Å². The number of carbonyl (C=O) groups is 1. The van der Waals surface area contributed by atoms with E-state index in [1.807, 2.05) is 27.7 Å². The van der Waals surface area contributed by atoms with Crippen LogP contribution < -0.4 is 5.56 Å². The van der Waals surface area contributed by atoms with Crippen LogP contribution in [0.2, 0.25) is 0 Å². The van der Waals surface area contributed by atoms with Gasteiger partial charge in [-0.3, -0.25) is 14.7 Å². The molecule has 1 fully saturated rings. The van der Waals surface area contributed by atoms with E-state index in [0.29, 0.717) is 36.9 Å². The fourth-order valence-corrected chi connectivity index (χ4v) is 4.17. The molecule has 1 N–H and O–H groups in total. The largest absolute Gasteiger partial charge is 0.336 e. The predicted octanol–water partition coefficient (Wildman–Crippen LogP) is 1.38. The molecule has 1 saturated heterocycles. The number of rotatable bonds is 1. The average molecular weight is 335 g/mol. The highest BCUT2D eigenvalue weighted by Crippen LogP contribution is 2.35. The minimum absolute atomic E-state index is 0.0540. The van der Waals surface area contributed by atoms with Gasteiger partial charge in [0.25, 0.3) is 11.5 Å². The van der Waals surface area contributed by atoms with Gasteiger partial charge in [-0.1, -0.05) is 6.07 Å². The van der Waals surface area contributed by atoms with Gasteiger partial charge >= 0.3 is 0 Å². The number of aromatic amines is 1. The molecular formula is C18H17N5O2. The molecule has 0 aliphatic carbocycles. The monoisotopic (exact) mass is 335 g/mol. The van der Waals surface area contributed by atoms with E-state index in [0.717, 1.165) is 17.5 Å². The summed E-state index contributed by atoms with van der Waals surface area (Å²) in [4.78, 5) is 31.3. The van der Waals surface area contributed by atoms with Crippen molar-refractivity contribution < 1.29 is 4.79 Å². The number of fused-ring (bicyclic) bond motifs is 5. The zero-order valence-corrected chi connectivity index (χ0v) is 13.6. The molecule has 3 aromatic rings. The first-order valence-electron chi connectivity index (χ1n) is 8.48. The van der Waals surface area contributed by atoms with Crippen molar-refractivity contribution in [1.29, 1.82) is 0 Å². The Morgan fingerprint density at radius 1 is 1.16 bits per heavy atom. The number of aromatic nitrogens is 4. The minimum Gasteiger partial charge on any atom is -0.336 e. The molecule has 126 valence electrons. The van der Waals surface area contributed by atoms with Gasteiger partial charge in [-0.25, -0.2) is 4.98 Å². The third-order valence-electron chi connectivity index (χ3n) is 5.29. The fourth-order valence-electron chi connectivity index (χ4n) is 4.17. The van der Waals surface area contributed by atoms with Crippen LogP contribution in [0.4, 0.5) is 0 Å². The molecule has 0 radical (unpaired) electrons. The summed E-state index contributed by atoms with van der Waals surface area (Å²) in [6.45, 7) is 1.97. The highest BCUT2D eigenvalue weighted by molar-refractivity contribution is 5.94. The Hall–Kier alpha value is -2.96. The van der Waals surface area contributed by atoms with E-state index in [9.17, 15) is 9.59 Å². The summed E-state index contributed by atoms with van der Waals surface area (Å²) in [5.74, 6) is 0.463. The third kappa shape index (κ3) is 2.26. The van der Waals surface area contributed by atoms with Crippen molar-refractivity contribution in [1.82, 2.24) is 24.6 Å². The summed E-state index contributed by atoms with van der Waals surface area (Å²) in [6.07, 6.45) is 2.72. The number of likely N-dealkylation sites (tertiary alicyclic amines) is 1. The second-order valence-electron chi connectivity index (χ2n) is 6.91. The number of nitrogens with one attached hydrogen (secondary N) is 1. The van der Waals surface area contributed by atoms with Crippen molar-refractivity contribution in [3.05, 3.63) is 58.3 Å². The number of pyridine rings is 2. The zero-order chi connectivity index (χ0) is 17.0. The number of piperidine rings is 1. The van der Waals surface area contributed by atoms with E-state index >= 15 is 0 Å². The number of hydrogen-bond acceptors (Lipinski definition) is 4. The fraction of sp³-hybridized carbons (Fsp3) is 0.333. The quantitative estimate of drug-likeness (QED) is 0.728. The number of hydrogen-bond donors (Lipinski definition) is 1. The highest BCUT2D eigenvalue weighted by Gasteiger charge is 2.36. The van der Waals surface area contributed by atoms with Crippen molar-refractivity contribution in [2.75, 3.05) is 13.1 Å². The normalized spacial score (nSPS) is 22.0. The van der Waals surface area contributed by atoms with Crippen molar-refractivity contribution in [3.63, 3.8) is 0 Å². The molecule has 2 aliphatic heterocycles.